The second-order valence-corrected chi connectivity index (χ2v) is 7.48. The number of amides is 2. The van der Waals surface area contributed by atoms with Crippen molar-refractivity contribution in [1.29, 1.82) is 0 Å². The summed E-state index contributed by atoms with van der Waals surface area (Å²) < 4.78 is 13.2. The first-order chi connectivity index (χ1) is 13.5. The maximum absolute atomic E-state index is 13.2. The zero-order chi connectivity index (χ0) is 20.1. The van der Waals surface area contributed by atoms with Gasteiger partial charge in [0.05, 0.1) is 6.54 Å². The Kier molecular flexibility index (Phi) is 6.65. The van der Waals surface area contributed by atoms with E-state index in [2.05, 4.69) is 26.4 Å². The quantitative estimate of drug-likeness (QED) is 0.708. The van der Waals surface area contributed by atoms with Gasteiger partial charge < -0.3 is 10.6 Å². The summed E-state index contributed by atoms with van der Waals surface area (Å²) in [5, 5.41) is 5.72. The Morgan fingerprint density at radius 2 is 2.14 bits per heavy atom. The van der Waals surface area contributed by atoms with Gasteiger partial charge in [-0.2, -0.15) is 0 Å². The van der Waals surface area contributed by atoms with E-state index in [1.165, 1.54) is 12.1 Å². The largest absolute Gasteiger partial charge is 0.353 e. The lowest BCUT2D eigenvalue weighted by Crippen LogP contribution is -2.49. The van der Waals surface area contributed by atoms with Crippen LogP contribution >= 0.6 is 0 Å². The second-order valence-electron chi connectivity index (χ2n) is 7.48. The Labute approximate surface area is 165 Å². The van der Waals surface area contributed by atoms with E-state index in [1.54, 1.807) is 12.1 Å². The zero-order valence-corrected chi connectivity index (χ0v) is 16.2. The van der Waals surface area contributed by atoms with Gasteiger partial charge in [0.25, 0.3) is 0 Å². The Morgan fingerprint density at radius 1 is 1.39 bits per heavy atom. The van der Waals surface area contributed by atoms with Crippen molar-refractivity contribution in [2.75, 3.05) is 26.7 Å². The van der Waals surface area contributed by atoms with Crippen molar-refractivity contribution in [3.8, 4) is 12.3 Å². The molecular formula is C21H27FN4O2. The van der Waals surface area contributed by atoms with E-state index < -0.39 is 0 Å². The minimum atomic E-state index is -0.260. The van der Waals surface area contributed by atoms with Crippen molar-refractivity contribution in [2.45, 2.75) is 43.9 Å². The molecule has 150 valence electrons. The maximum atomic E-state index is 13.2. The molecule has 7 heteroatoms. The van der Waals surface area contributed by atoms with Crippen LogP contribution in [-0.2, 0) is 16.1 Å². The molecule has 2 amide bonds. The highest BCUT2D eigenvalue weighted by molar-refractivity contribution is 5.83. The van der Waals surface area contributed by atoms with Gasteiger partial charge in [0.2, 0.25) is 11.8 Å². The molecule has 6 nitrogen and oxygen atoms in total. The van der Waals surface area contributed by atoms with Gasteiger partial charge in [-0.15, -0.1) is 6.42 Å². The van der Waals surface area contributed by atoms with Crippen LogP contribution in [0.15, 0.2) is 24.3 Å². The molecule has 1 aromatic carbocycles. The highest BCUT2D eigenvalue weighted by Crippen LogP contribution is 2.28. The monoisotopic (exact) mass is 386 g/mol. The number of hydrogen-bond donors (Lipinski definition) is 2. The van der Waals surface area contributed by atoms with Gasteiger partial charge in [-0.1, -0.05) is 18.1 Å². The lowest BCUT2D eigenvalue weighted by atomic mass is 10.0. The lowest BCUT2D eigenvalue weighted by molar-refractivity contribution is -0.126. The molecule has 2 fully saturated rings. The van der Waals surface area contributed by atoms with Gasteiger partial charge in [0.1, 0.15) is 11.9 Å². The Morgan fingerprint density at radius 3 is 2.86 bits per heavy atom. The molecule has 0 spiro atoms. The molecule has 2 heterocycles. The first kappa shape index (κ1) is 20.3. The van der Waals surface area contributed by atoms with Gasteiger partial charge in [-0.3, -0.25) is 19.4 Å². The molecule has 0 aromatic heterocycles. The number of benzene rings is 1. The molecule has 0 saturated carbocycles. The number of nitrogens with one attached hydrogen (secondary N) is 2. The summed E-state index contributed by atoms with van der Waals surface area (Å²) in [6, 6.07) is 6.38. The predicted octanol–water partition coefficient (Wildman–Crippen LogP) is 0.728. The first-order valence-corrected chi connectivity index (χ1v) is 9.68. The average Bonchev–Trinajstić information content (AvgIpc) is 3.06. The number of halogens is 1. The Hall–Kier alpha value is -2.43. The molecule has 0 aliphatic carbocycles. The van der Waals surface area contributed by atoms with E-state index in [4.69, 9.17) is 6.42 Å². The van der Waals surface area contributed by atoms with E-state index in [1.807, 2.05) is 7.05 Å². The van der Waals surface area contributed by atoms with E-state index in [9.17, 15) is 14.0 Å². The number of rotatable bonds is 6. The molecule has 3 rings (SSSR count). The van der Waals surface area contributed by atoms with Crippen LogP contribution in [0.1, 0.15) is 24.8 Å². The van der Waals surface area contributed by atoms with Crippen molar-refractivity contribution in [2.24, 2.45) is 0 Å². The fraction of sp³-hybridized carbons (Fsp3) is 0.524. The van der Waals surface area contributed by atoms with Crippen LogP contribution in [-0.4, -0.2) is 66.4 Å². The number of likely N-dealkylation sites (N-methyl/N-ethyl adjacent to an activating group) is 1. The number of likely N-dealkylation sites (tertiary alicyclic amines) is 1. The highest BCUT2D eigenvalue weighted by atomic mass is 19.1. The minimum Gasteiger partial charge on any atom is -0.353 e. The van der Waals surface area contributed by atoms with Crippen molar-refractivity contribution >= 4 is 11.8 Å². The minimum absolute atomic E-state index is 0.0238. The molecule has 0 unspecified atom stereocenters. The van der Waals surface area contributed by atoms with Crippen molar-refractivity contribution in [3.63, 3.8) is 0 Å². The molecule has 0 radical (unpaired) electrons. The molecular weight excluding hydrogens is 359 g/mol. The van der Waals surface area contributed by atoms with Crippen LogP contribution in [0, 0.1) is 18.2 Å². The van der Waals surface area contributed by atoms with Crippen molar-refractivity contribution < 1.29 is 14.0 Å². The van der Waals surface area contributed by atoms with E-state index in [-0.39, 0.29) is 42.3 Å². The van der Waals surface area contributed by atoms with Crippen LogP contribution < -0.4 is 10.6 Å². The van der Waals surface area contributed by atoms with Crippen LogP contribution in [0.2, 0.25) is 0 Å². The number of terminal acetylenes is 1. The lowest BCUT2D eigenvalue weighted by Gasteiger charge is -2.33. The predicted molar refractivity (Wildman–Crippen MR) is 105 cm³/mol. The summed E-state index contributed by atoms with van der Waals surface area (Å²) in [6.45, 7) is 2.18. The van der Waals surface area contributed by atoms with E-state index in [0.717, 1.165) is 18.5 Å². The van der Waals surface area contributed by atoms with Gasteiger partial charge >= 0.3 is 0 Å². The standard InChI is InChI=1S/C21H27FN4O2/c1-3-11-23-19(27)9-8-17-13-24-21(28)20-18(25(17)2)10-12-26(20)14-15-4-6-16(22)7-5-15/h1,4-7,17-18,20H,8-14H2,2H3,(H,23,27)(H,24,28)/t17-,18+,20-/m0/s1. The topological polar surface area (TPSA) is 64.7 Å². The third-order valence-corrected chi connectivity index (χ3v) is 5.74. The average molecular weight is 386 g/mol. The van der Waals surface area contributed by atoms with Gasteiger partial charge in [-0.25, -0.2) is 4.39 Å². The molecule has 28 heavy (non-hydrogen) atoms. The summed E-state index contributed by atoms with van der Waals surface area (Å²) in [5.41, 5.74) is 0.989. The second kappa shape index (κ2) is 9.18. The van der Waals surface area contributed by atoms with Gasteiger partial charge in [0, 0.05) is 38.1 Å². The molecule has 2 aliphatic heterocycles. The number of nitrogens with zero attached hydrogens (tertiary/aromatic N) is 2. The molecule has 2 aliphatic rings. The third-order valence-electron chi connectivity index (χ3n) is 5.74. The molecule has 0 bridgehead atoms. The summed E-state index contributed by atoms with van der Waals surface area (Å²) >= 11 is 0. The third kappa shape index (κ3) is 4.70. The number of carbonyl (C=O) groups is 2. The Balaban J connectivity index is 1.63. The van der Waals surface area contributed by atoms with Crippen LogP contribution in [0.25, 0.3) is 0 Å². The fourth-order valence-corrected chi connectivity index (χ4v) is 4.19. The smallest absolute Gasteiger partial charge is 0.239 e. The van der Waals surface area contributed by atoms with Crippen molar-refractivity contribution in [3.05, 3.63) is 35.6 Å². The van der Waals surface area contributed by atoms with Crippen LogP contribution in [0.5, 0.6) is 0 Å². The van der Waals surface area contributed by atoms with Crippen LogP contribution in [0.4, 0.5) is 4.39 Å². The van der Waals surface area contributed by atoms with Gasteiger partial charge in [-0.05, 0) is 37.6 Å². The maximum Gasteiger partial charge on any atom is 0.239 e. The summed E-state index contributed by atoms with van der Waals surface area (Å²) in [5.74, 6) is 2.09. The zero-order valence-electron chi connectivity index (χ0n) is 16.2. The summed E-state index contributed by atoms with van der Waals surface area (Å²) in [6.07, 6.45) is 7.09. The summed E-state index contributed by atoms with van der Waals surface area (Å²) in [4.78, 5) is 29.0. The molecule has 2 N–H and O–H groups in total. The number of hydrogen-bond acceptors (Lipinski definition) is 4. The molecule has 1 aromatic rings. The molecule has 3 atom stereocenters. The first-order valence-electron chi connectivity index (χ1n) is 9.68. The van der Waals surface area contributed by atoms with Gasteiger partial charge in [0.15, 0.2) is 0 Å². The SMILES string of the molecule is C#CCNC(=O)CC[C@H]1CNC(=O)[C@@H]2[C@@H](CCN2Cc2ccc(F)cc2)N1C. The van der Waals surface area contributed by atoms with E-state index in [0.29, 0.717) is 25.9 Å². The normalized spacial score (nSPS) is 25.5. The highest BCUT2D eigenvalue weighted by Gasteiger charge is 2.44. The number of fused-ring (bicyclic) bond motifs is 1. The van der Waals surface area contributed by atoms with Crippen LogP contribution in [0.3, 0.4) is 0 Å². The number of carbonyl (C=O) groups excluding carboxylic acids is 2. The van der Waals surface area contributed by atoms with E-state index >= 15 is 0 Å². The molecule has 2 saturated heterocycles. The Bertz CT molecular complexity index is 746. The summed E-state index contributed by atoms with van der Waals surface area (Å²) in [7, 11) is 2.03. The van der Waals surface area contributed by atoms with Crippen molar-refractivity contribution in [1.82, 2.24) is 20.4 Å². The fourth-order valence-electron chi connectivity index (χ4n) is 4.19.